The Labute approximate surface area is 223 Å². The number of aliphatic imine (C=N–C) groups is 1. The van der Waals surface area contributed by atoms with E-state index in [4.69, 9.17) is 4.74 Å². The molecule has 2 aliphatic carbocycles. The van der Waals surface area contributed by atoms with Crippen LogP contribution in [0.4, 0.5) is 0 Å². The van der Waals surface area contributed by atoms with Crippen molar-refractivity contribution in [2.24, 2.45) is 18.0 Å². The van der Waals surface area contributed by atoms with Gasteiger partial charge in [0.1, 0.15) is 17.5 Å². The van der Waals surface area contributed by atoms with Gasteiger partial charge in [-0.3, -0.25) is 0 Å². The van der Waals surface area contributed by atoms with Crippen LogP contribution in [0.15, 0.2) is 48.1 Å². The molecule has 0 aliphatic heterocycles. The summed E-state index contributed by atoms with van der Waals surface area (Å²) in [5.41, 5.74) is 3.12. The number of benzene rings is 1. The first-order valence-electron chi connectivity index (χ1n) is 13.7. The summed E-state index contributed by atoms with van der Waals surface area (Å²) in [6.07, 6.45) is 9.93. The van der Waals surface area contributed by atoms with Crippen LogP contribution >= 0.6 is 0 Å². The highest BCUT2D eigenvalue weighted by molar-refractivity contribution is 5.76. The van der Waals surface area contributed by atoms with Gasteiger partial charge in [-0.05, 0) is 63.7 Å². The number of allylic oxidation sites excluding steroid dienone is 2. The lowest BCUT2D eigenvalue weighted by Crippen LogP contribution is -2.02. The van der Waals surface area contributed by atoms with Crippen molar-refractivity contribution in [3.63, 3.8) is 0 Å². The van der Waals surface area contributed by atoms with E-state index < -0.39 is 0 Å². The topological polar surface area (TPSA) is 70.1 Å². The lowest BCUT2D eigenvalue weighted by molar-refractivity contribution is 0.284. The van der Waals surface area contributed by atoms with E-state index in [9.17, 15) is 0 Å². The number of nitrogens with zero attached hydrogens (tertiary/aromatic N) is 6. The normalized spacial score (nSPS) is 14.8. The minimum Gasteiger partial charge on any atom is -0.481 e. The Kier molecular flexibility index (Phi) is 12.3. The lowest BCUT2D eigenvalue weighted by Gasteiger charge is -2.02. The van der Waals surface area contributed by atoms with Gasteiger partial charge in [0.25, 0.3) is 0 Å². The molecule has 0 bridgehead atoms. The second-order valence-corrected chi connectivity index (χ2v) is 9.33. The van der Waals surface area contributed by atoms with E-state index in [-0.39, 0.29) is 0 Å². The van der Waals surface area contributed by atoms with Gasteiger partial charge in [-0.25, -0.2) is 19.6 Å². The Morgan fingerprint density at radius 1 is 1.11 bits per heavy atom. The molecule has 3 aromatic rings. The molecule has 2 saturated carbocycles. The van der Waals surface area contributed by atoms with Crippen LogP contribution in [0.3, 0.4) is 0 Å². The maximum atomic E-state index is 5.52. The second-order valence-electron chi connectivity index (χ2n) is 9.33. The molecule has 1 aromatic carbocycles. The molecule has 0 N–H and O–H groups in total. The Morgan fingerprint density at radius 3 is 2.30 bits per heavy atom. The highest BCUT2D eigenvalue weighted by Crippen LogP contribution is 2.40. The Balaban J connectivity index is 0.000000231. The molecule has 0 atom stereocenters. The predicted octanol–water partition coefficient (Wildman–Crippen LogP) is 7.62. The van der Waals surface area contributed by atoms with E-state index in [0.29, 0.717) is 5.90 Å². The summed E-state index contributed by atoms with van der Waals surface area (Å²) in [5, 5.41) is 4.25. The Bertz CT molecular complexity index is 1180. The highest BCUT2D eigenvalue weighted by atomic mass is 16.5. The van der Waals surface area contributed by atoms with Crippen molar-refractivity contribution in [1.82, 2.24) is 24.3 Å². The molecule has 2 aromatic heterocycles. The van der Waals surface area contributed by atoms with Crippen molar-refractivity contribution in [3.05, 3.63) is 60.6 Å². The first kappa shape index (κ1) is 30.0. The molecular weight excluding hydrogens is 460 g/mol. The van der Waals surface area contributed by atoms with Gasteiger partial charge in [-0.15, -0.1) is 0 Å². The predicted molar refractivity (Wildman–Crippen MR) is 156 cm³/mol. The van der Waals surface area contributed by atoms with Gasteiger partial charge < -0.3 is 9.30 Å². The number of imidazole rings is 1. The van der Waals surface area contributed by atoms with Gasteiger partial charge in [0.2, 0.25) is 0 Å². The minimum atomic E-state index is 0.683. The molecule has 2 aliphatic rings. The largest absolute Gasteiger partial charge is 0.481 e. The molecule has 0 radical (unpaired) electrons. The third-order valence-corrected chi connectivity index (χ3v) is 5.66. The van der Waals surface area contributed by atoms with Crippen LogP contribution in [0.1, 0.15) is 90.1 Å². The van der Waals surface area contributed by atoms with Crippen LogP contribution in [0.5, 0.6) is 0 Å². The molecule has 37 heavy (non-hydrogen) atoms. The zero-order valence-electron chi connectivity index (χ0n) is 24.2. The molecule has 7 nitrogen and oxygen atoms in total. The van der Waals surface area contributed by atoms with E-state index in [1.54, 1.807) is 17.0 Å². The SMILES string of the molecule is C=C(/C=C\N=C(C)OCC1CC1)n1nc(C)nc1C.CC.CCC.Cn1c(C2CC2)nc2ccccc21. The first-order valence-corrected chi connectivity index (χ1v) is 13.7. The molecular formula is C30H46N6O. The number of aromatic nitrogens is 5. The fourth-order valence-corrected chi connectivity index (χ4v) is 3.52. The third kappa shape index (κ3) is 9.63. The zero-order chi connectivity index (χ0) is 27.4. The van der Waals surface area contributed by atoms with Gasteiger partial charge in [0.05, 0.1) is 23.3 Å². The third-order valence-electron chi connectivity index (χ3n) is 5.66. The van der Waals surface area contributed by atoms with Gasteiger partial charge in [-0.2, -0.15) is 5.10 Å². The quantitative estimate of drug-likeness (QED) is 0.196. The first-order chi connectivity index (χ1) is 17.8. The highest BCUT2D eigenvalue weighted by Gasteiger charge is 2.28. The van der Waals surface area contributed by atoms with Crippen molar-refractivity contribution < 1.29 is 4.74 Å². The fraction of sp³-hybridized carbons (Fsp3) is 0.533. The molecule has 7 heteroatoms. The van der Waals surface area contributed by atoms with Crippen LogP contribution in [0.2, 0.25) is 0 Å². The fourth-order valence-electron chi connectivity index (χ4n) is 3.52. The van der Waals surface area contributed by atoms with Gasteiger partial charge >= 0.3 is 0 Å². The molecule has 0 amide bonds. The zero-order valence-corrected chi connectivity index (χ0v) is 24.2. The van der Waals surface area contributed by atoms with Crippen molar-refractivity contribution in [3.8, 4) is 0 Å². The lowest BCUT2D eigenvalue weighted by atomic mass is 10.3. The second kappa shape index (κ2) is 15.1. The van der Waals surface area contributed by atoms with Crippen molar-refractivity contribution in [2.75, 3.05) is 6.61 Å². The number of aryl methyl sites for hydroxylation is 3. The van der Waals surface area contributed by atoms with E-state index >= 15 is 0 Å². The standard InChI is InChI=1S/C14H20N4O.C11H12N2.C3H8.C2H6/c1-10(18-12(3)16-11(2)17-18)7-8-15-13(4)19-9-14-5-6-14;1-13-10-5-3-2-4-9(10)12-11(13)8-6-7-8;1-3-2;1-2/h7-8,14H,1,5-6,9H2,2-4H3;2-5,8H,6-7H2,1H3;3H2,1-2H3;1-2H3/b8-7-,15-13?;;;. The molecule has 0 saturated heterocycles. The van der Waals surface area contributed by atoms with Gasteiger partial charge in [-0.1, -0.05) is 52.8 Å². The van der Waals surface area contributed by atoms with Crippen LogP contribution in [0, 0.1) is 19.8 Å². The van der Waals surface area contributed by atoms with Crippen LogP contribution in [0.25, 0.3) is 16.7 Å². The average Bonchev–Trinajstić information content (AvgIpc) is 3.82. The van der Waals surface area contributed by atoms with Crippen LogP contribution < -0.4 is 0 Å². The molecule has 2 heterocycles. The van der Waals surface area contributed by atoms with Gasteiger partial charge in [0.15, 0.2) is 5.90 Å². The van der Waals surface area contributed by atoms with E-state index in [1.165, 1.54) is 43.4 Å². The number of hydrogen-bond donors (Lipinski definition) is 0. The average molecular weight is 507 g/mol. The Hall–Kier alpha value is -3.22. The molecule has 5 rings (SSSR count). The van der Waals surface area contributed by atoms with Gasteiger partial charge in [0, 0.05) is 26.1 Å². The Morgan fingerprint density at radius 2 is 1.76 bits per heavy atom. The molecule has 0 unspecified atom stereocenters. The van der Waals surface area contributed by atoms with Crippen molar-refractivity contribution in [2.45, 2.75) is 86.5 Å². The summed E-state index contributed by atoms with van der Waals surface area (Å²) in [6.45, 7) is 18.6. The maximum absolute atomic E-state index is 5.52. The smallest absolute Gasteiger partial charge is 0.184 e. The van der Waals surface area contributed by atoms with Crippen molar-refractivity contribution >= 4 is 22.6 Å². The van der Waals surface area contributed by atoms with Crippen molar-refractivity contribution in [1.29, 1.82) is 0 Å². The summed E-state index contributed by atoms with van der Waals surface area (Å²) in [4.78, 5) is 13.1. The maximum Gasteiger partial charge on any atom is 0.184 e. The summed E-state index contributed by atoms with van der Waals surface area (Å²) in [7, 11) is 2.11. The summed E-state index contributed by atoms with van der Waals surface area (Å²) < 4.78 is 9.44. The number of para-hydroxylation sites is 2. The van der Waals surface area contributed by atoms with Crippen LogP contribution in [-0.4, -0.2) is 36.8 Å². The van der Waals surface area contributed by atoms with E-state index in [1.807, 2.05) is 40.7 Å². The van der Waals surface area contributed by atoms with E-state index in [2.05, 4.69) is 70.3 Å². The molecule has 0 spiro atoms. The minimum absolute atomic E-state index is 0.683. The molecule has 202 valence electrons. The summed E-state index contributed by atoms with van der Waals surface area (Å²) >= 11 is 0. The monoisotopic (exact) mass is 506 g/mol. The summed E-state index contributed by atoms with van der Waals surface area (Å²) in [5.74, 6) is 4.98. The number of hydrogen-bond acceptors (Lipinski definition) is 5. The number of ether oxygens (including phenoxy) is 1. The number of fused-ring (bicyclic) bond motifs is 1. The molecule has 2 fully saturated rings. The summed E-state index contributed by atoms with van der Waals surface area (Å²) in [6, 6.07) is 8.34. The van der Waals surface area contributed by atoms with Crippen LogP contribution in [-0.2, 0) is 11.8 Å². The number of rotatable bonds is 6. The van der Waals surface area contributed by atoms with E-state index in [0.717, 1.165) is 41.3 Å².